The average Bonchev–Trinajstić information content (AvgIpc) is 2.82. The summed E-state index contributed by atoms with van der Waals surface area (Å²) in [6.45, 7) is 1.87. The van der Waals surface area contributed by atoms with Crippen molar-refractivity contribution in [1.29, 1.82) is 0 Å². The van der Waals surface area contributed by atoms with Gasteiger partial charge in [0.25, 0.3) is 0 Å². The highest BCUT2D eigenvalue weighted by molar-refractivity contribution is 9.10. The van der Waals surface area contributed by atoms with Crippen LogP contribution in [-0.2, 0) is 6.61 Å². The molecule has 0 spiro atoms. The number of nitrogens with two attached hydrogens (primary N) is 1. The van der Waals surface area contributed by atoms with Gasteiger partial charge in [0.1, 0.15) is 11.9 Å². The summed E-state index contributed by atoms with van der Waals surface area (Å²) >= 11 is 5.04. The molecule has 0 fully saturated rings. The van der Waals surface area contributed by atoms with Crippen LogP contribution in [0.1, 0.15) is 23.5 Å². The number of benzene rings is 1. The van der Waals surface area contributed by atoms with Crippen molar-refractivity contribution in [2.24, 2.45) is 5.73 Å². The number of rotatable bonds is 5. The third kappa shape index (κ3) is 3.57. The average molecular weight is 342 g/mol. The van der Waals surface area contributed by atoms with E-state index in [1.54, 1.807) is 11.3 Å². The van der Waals surface area contributed by atoms with Crippen molar-refractivity contribution < 1.29 is 9.84 Å². The van der Waals surface area contributed by atoms with Crippen molar-refractivity contribution in [3.63, 3.8) is 0 Å². The molecule has 1 heterocycles. The van der Waals surface area contributed by atoms with E-state index >= 15 is 0 Å². The molecule has 0 aliphatic carbocycles. The Balaban J connectivity index is 2.26. The standard InChI is InChI=1S/C14H16BrNO2S/c1-9(16)14(13-6-11(15)8-19-13)18-12-5-3-2-4-10(12)7-17/h2-6,8-9,14,17H,7,16H2,1H3. The smallest absolute Gasteiger partial charge is 0.148 e. The molecule has 0 aliphatic rings. The topological polar surface area (TPSA) is 55.5 Å². The van der Waals surface area contributed by atoms with Gasteiger partial charge in [-0.25, -0.2) is 0 Å². The van der Waals surface area contributed by atoms with E-state index in [-0.39, 0.29) is 18.8 Å². The maximum atomic E-state index is 9.33. The van der Waals surface area contributed by atoms with Crippen LogP contribution in [-0.4, -0.2) is 11.1 Å². The molecule has 5 heteroatoms. The number of ether oxygens (including phenoxy) is 1. The van der Waals surface area contributed by atoms with Crippen LogP contribution < -0.4 is 10.5 Å². The highest BCUT2D eigenvalue weighted by Crippen LogP contribution is 2.32. The van der Waals surface area contributed by atoms with E-state index in [0.717, 1.165) is 14.9 Å². The van der Waals surface area contributed by atoms with Crippen molar-refractivity contribution in [1.82, 2.24) is 0 Å². The first-order valence-corrected chi connectivity index (χ1v) is 7.64. The molecule has 0 amide bonds. The Morgan fingerprint density at radius 3 is 2.74 bits per heavy atom. The lowest BCUT2D eigenvalue weighted by Crippen LogP contribution is -2.28. The molecule has 0 bridgehead atoms. The highest BCUT2D eigenvalue weighted by Gasteiger charge is 2.21. The Kier molecular flexibility index (Phi) is 4.99. The second kappa shape index (κ2) is 6.52. The van der Waals surface area contributed by atoms with Crippen LogP contribution in [0.3, 0.4) is 0 Å². The number of hydrogen-bond donors (Lipinski definition) is 2. The molecular formula is C14H16BrNO2S. The van der Waals surface area contributed by atoms with E-state index in [1.165, 1.54) is 0 Å². The van der Waals surface area contributed by atoms with E-state index in [9.17, 15) is 5.11 Å². The summed E-state index contributed by atoms with van der Waals surface area (Å²) in [6, 6.07) is 9.33. The molecule has 1 aromatic carbocycles. The fourth-order valence-electron chi connectivity index (χ4n) is 1.79. The minimum absolute atomic E-state index is 0.0457. The molecule has 2 unspecified atom stereocenters. The van der Waals surface area contributed by atoms with Crippen molar-refractivity contribution in [2.75, 3.05) is 0 Å². The van der Waals surface area contributed by atoms with Gasteiger partial charge in [-0.05, 0) is 35.0 Å². The molecule has 0 saturated heterocycles. The highest BCUT2D eigenvalue weighted by atomic mass is 79.9. The second-order valence-electron chi connectivity index (χ2n) is 4.33. The molecular weight excluding hydrogens is 326 g/mol. The number of para-hydroxylation sites is 1. The third-order valence-corrected chi connectivity index (χ3v) is 4.50. The van der Waals surface area contributed by atoms with Gasteiger partial charge in [-0.2, -0.15) is 0 Å². The quantitative estimate of drug-likeness (QED) is 0.875. The number of hydrogen-bond acceptors (Lipinski definition) is 4. The molecule has 19 heavy (non-hydrogen) atoms. The lowest BCUT2D eigenvalue weighted by atomic mass is 10.1. The van der Waals surface area contributed by atoms with Gasteiger partial charge in [0, 0.05) is 26.3 Å². The number of thiophene rings is 1. The Hall–Kier alpha value is -0.880. The van der Waals surface area contributed by atoms with Crippen LogP contribution in [0.4, 0.5) is 0 Å². The number of aliphatic hydroxyl groups is 1. The van der Waals surface area contributed by atoms with Crippen LogP contribution in [0.15, 0.2) is 40.2 Å². The van der Waals surface area contributed by atoms with Crippen LogP contribution in [0.25, 0.3) is 0 Å². The minimum atomic E-state index is -0.219. The summed E-state index contributed by atoms with van der Waals surface area (Å²) in [6.07, 6.45) is -0.219. The van der Waals surface area contributed by atoms with Gasteiger partial charge in [-0.1, -0.05) is 18.2 Å². The zero-order chi connectivity index (χ0) is 13.8. The fraction of sp³-hybridized carbons (Fsp3) is 0.286. The van der Waals surface area contributed by atoms with Crippen LogP contribution in [0.2, 0.25) is 0 Å². The summed E-state index contributed by atoms with van der Waals surface area (Å²) in [5.41, 5.74) is 6.79. The summed E-state index contributed by atoms with van der Waals surface area (Å²) in [7, 11) is 0. The normalized spacial score (nSPS) is 14.1. The second-order valence-corrected chi connectivity index (χ2v) is 6.19. The van der Waals surface area contributed by atoms with Crippen molar-refractivity contribution in [3.05, 3.63) is 50.6 Å². The molecule has 2 rings (SSSR count). The van der Waals surface area contributed by atoms with Crippen LogP contribution in [0.5, 0.6) is 5.75 Å². The van der Waals surface area contributed by atoms with E-state index in [4.69, 9.17) is 10.5 Å². The van der Waals surface area contributed by atoms with E-state index in [0.29, 0.717) is 5.75 Å². The van der Waals surface area contributed by atoms with Gasteiger partial charge in [0.05, 0.1) is 6.61 Å². The minimum Gasteiger partial charge on any atom is -0.483 e. The van der Waals surface area contributed by atoms with Gasteiger partial charge < -0.3 is 15.6 Å². The van der Waals surface area contributed by atoms with Gasteiger partial charge in [0.15, 0.2) is 0 Å². The Morgan fingerprint density at radius 2 is 2.16 bits per heavy atom. The molecule has 0 radical (unpaired) electrons. The first-order chi connectivity index (χ1) is 9.11. The SMILES string of the molecule is CC(N)C(Oc1ccccc1CO)c1cc(Br)cs1. The summed E-state index contributed by atoms with van der Waals surface area (Å²) in [4.78, 5) is 1.06. The molecule has 0 saturated carbocycles. The van der Waals surface area contributed by atoms with Crippen LogP contribution in [0, 0.1) is 0 Å². The van der Waals surface area contributed by atoms with Gasteiger partial charge in [-0.3, -0.25) is 0 Å². The fourth-order valence-corrected chi connectivity index (χ4v) is 3.38. The van der Waals surface area contributed by atoms with Gasteiger partial charge in [-0.15, -0.1) is 11.3 Å². The maximum Gasteiger partial charge on any atom is 0.148 e. The lowest BCUT2D eigenvalue weighted by Gasteiger charge is -2.22. The van der Waals surface area contributed by atoms with Gasteiger partial charge in [0.2, 0.25) is 0 Å². The molecule has 3 N–H and O–H groups in total. The summed E-state index contributed by atoms with van der Waals surface area (Å²) in [5.74, 6) is 0.678. The van der Waals surface area contributed by atoms with Crippen molar-refractivity contribution in [2.45, 2.75) is 25.7 Å². The zero-order valence-corrected chi connectivity index (χ0v) is 12.9. The van der Waals surface area contributed by atoms with E-state index in [2.05, 4.69) is 15.9 Å². The molecule has 3 nitrogen and oxygen atoms in total. The monoisotopic (exact) mass is 341 g/mol. The largest absolute Gasteiger partial charge is 0.483 e. The summed E-state index contributed by atoms with van der Waals surface area (Å²) < 4.78 is 7.03. The Labute approximate surface area is 125 Å². The maximum absolute atomic E-state index is 9.33. The van der Waals surface area contributed by atoms with Crippen molar-refractivity contribution >= 4 is 27.3 Å². The molecule has 2 aromatic rings. The summed E-state index contributed by atoms with van der Waals surface area (Å²) in [5, 5.41) is 11.3. The predicted molar refractivity (Wildman–Crippen MR) is 81.4 cm³/mol. The Morgan fingerprint density at radius 1 is 1.42 bits per heavy atom. The zero-order valence-electron chi connectivity index (χ0n) is 10.5. The third-order valence-electron chi connectivity index (χ3n) is 2.74. The molecule has 1 aromatic heterocycles. The van der Waals surface area contributed by atoms with E-state index in [1.807, 2.05) is 42.6 Å². The molecule has 2 atom stereocenters. The Bertz CT molecular complexity index is 542. The van der Waals surface area contributed by atoms with Crippen molar-refractivity contribution in [3.8, 4) is 5.75 Å². The van der Waals surface area contributed by atoms with Gasteiger partial charge >= 0.3 is 0 Å². The first-order valence-electron chi connectivity index (χ1n) is 5.96. The number of halogens is 1. The van der Waals surface area contributed by atoms with Crippen LogP contribution >= 0.6 is 27.3 Å². The lowest BCUT2D eigenvalue weighted by molar-refractivity contribution is 0.176. The van der Waals surface area contributed by atoms with E-state index < -0.39 is 0 Å². The molecule has 102 valence electrons. The number of aliphatic hydroxyl groups excluding tert-OH is 1. The first kappa shape index (κ1) is 14.5. The molecule has 0 aliphatic heterocycles. The predicted octanol–water partition coefficient (Wildman–Crippen LogP) is 3.47.